The molecule has 9 heteroatoms. The van der Waals surface area contributed by atoms with Crippen LogP contribution in [0, 0.1) is 10.1 Å². The van der Waals surface area contributed by atoms with Gasteiger partial charge in [-0.05, 0) is 18.9 Å². The summed E-state index contributed by atoms with van der Waals surface area (Å²) >= 11 is 0. The molecule has 0 spiro atoms. The second kappa shape index (κ2) is 7.94. The van der Waals surface area contributed by atoms with Gasteiger partial charge in [0.25, 0.3) is 11.6 Å². The lowest BCUT2D eigenvalue weighted by atomic mass is 9.88. The number of amides is 4. The van der Waals surface area contributed by atoms with Gasteiger partial charge in [-0.15, -0.1) is 0 Å². The number of hydrogen-bond donors (Lipinski definition) is 2. The number of carbonyl (C=O) groups excluding carboxylic acids is 3. The van der Waals surface area contributed by atoms with E-state index in [1.54, 1.807) is 0 Å². The van der Waals surface area contributed by atoms with Crippen molar-refractivity contribution in [2.24, 2.45) is 0 Å². The molecule has 0 aromatic heterocycles. The second-order valence-electron chi connectivity index (χ2n) is 6.26. The first-order chi connectivity index (χ1) is 12.3. The average molecular weight is 362 g/mol. The van der Waals surface area contributed by atoms with Crippen molar-refractivity contribution in [2.45, 2.75) is 45.1 Å². The van der Waals surface area contributed by atoms with Crippen molar-refractivity contribution in [3.8, 4) is 0 Å². The zero-order valence-electron chi connectivity index (χ0n) is 14.8. The third-order valence-electron chi connectivity index (χ3n) is 4.24. The molecule has 2 N–H and O–H groups in total. The Bertz CT molecular complexity index is 728. The molecule has 0 unspecified atom stereocenters. The maximum atomic E-state index is 12.7. The lowest BCUT2D eigenvalue weighted by Crippen LogP contribution is -2.47. The van der Waals surface area contributed by atoms with Crippen molar-refractivity contribution in [1.82, 2.24) is 10.2 Å². The minimum Gasteiger partial charge on any atom is -0.324 e. The molecule has 1 heterocycles. The predicted molar refractivity (Wildman–Crippen MR) is 94.5 cm³/mol. The number of anilines is 1. The number of nitro groups is 1. The van der Waals surface area contributed by atoms with E-state index in [9.17, 15) is 24.5 Å². The van der Waals surface area contributed by atoms with Gasteiger partial charge in [-0.1, -0.05) is 32.8 Å². The number of nitrogens with zero attached hydrogens (tertiary/aromatic N) is 2. The first kappa shape index (κ1) is 19.4. The Morgan fingerprint density at radius 2 is 1.92 bits per heavy atom. The number of non-ortho nitro benzene ring substituents is 1. The normalized spacial score (nSPS) is 15.7. The SMILES string of the molecule is CCCC1(CCC)NC(=O)N(CC(=O)Nc2cccc([N+](=O)[O-])c2)C1=O. The summed E-state index contributed by atoms with van der Waals surface area (Å²) < 4.78 is 0. The minimum atomic E-state index is -0.952. The van der Waals surface area contributed by atoms with Crippen molar-refractivity contribution >= 4 is 29.2 Å². The molecule has 0 saturated carbocycles. The molecule has 140 valence electrons. The quantitative estimate of drug-likeness (QED) is 0.418. The Balaban J connectivity index is 2.09. The van der Waals surface area contributed by atoms with Crippen molar-refractivity contribution in [2.75, 3.05) is 11.9 Å². The number of imide groups is 1. The molecule has 0 bridgehead atoms. The molecule has 1 aromatic rings. The van der Waals surface area contributed by atoms with E-state index >= 15 is 0 Å². The third kappa shape index (κ3) is 3.98. The highest BCUT2D eigenvalue weighted by atomic mass is 16.6. The van der Waals surface area contributed by atoms with Crippen LogP contribution in [0.2, 0.25) is 0 Å². The zero-order chi connectivity index (χ0) is 19.3. The molecule has 1 aliphatic rings. The van der Waals surface area contributed by atoms with Gasteiger partial charge in [0, 0.05) is 17.8 Å². The molecule has 0 atom stereocenters. The van der Waals surface area contributed by atoms with E-state index in [1.807, 2.05) is 13.8 Å². The first-order valence-corrected chi connectivity index (χ1v) is 8.51. The van der Waals surface area contributed by atoms with E-state index in [0.29, 0.717) is 12.8 Å². The predicted octanol–water partition coefficient (Wildman–Crippen LogP) is 2.42. The Morgan fingerprint density at radius 3 is 2.50 bits per heavy atom. The molecule has 0 aliphatic carbocycles. The van der Waals surface area contributed by atoms with Crippen LogP contribution in [-0.2, 0) is 9.59 Å². The molecule has 1 fully saturated rings. The molecule has 1 aromatic carbocycles. The lowest BCUT2D eigenvalue weighted by molar-refractivity contribution is -0.384. The number of nitrogens with one attached hydrogen (secondary N) is 2. The highest BCUT2D eigenvalue weighted by Crippen LogP contribution is 2.28. The highest BCUT2D eigenvalue weighted by molar-refractivity contribution is 6.10. The Hall–Kier alpha value is -2.97. The molecule has 1 aliphatic heterocycles. The van der Waals surface area contributed by atoms with Crippen LogP contribution < -0.4 is 10.6 Å². The summed E-state index contributed by atoms with van der Waals surface area (Å²) in [6.07, 6.45) is 2.46. The Morgan fingerprint density at radius 1 is 1.27 bits per heavy atom. The van der Waals surface area contributed by atoms with Gasteiger partial charge in [-0.25, -0.2) is 4.79 Å². The van der Waals surface area contributed by atoms with Crippen molar-refractivity contribution in [3.05, 3.63) is 34.4 Å². The number of urea groups is 1. The second-order valence-corrected chi connectivity index (χ2v) is 6.26. The van der Waals surface area contributed by atoms with Crippen LogP contribution in [-0.4, -0.2) is 39.8 Å². The Labute approximate surface area is 150 Å². The largest absolute Gasteiger partial charge is 0.325 e. The van der Waals surface area contributed by atoms with E-state index in [1.165, 1.54) is 24.3 Å². The number of rotatable bonds is 8. The molecular formula is C17H22N4O5. The molecule has 4 amide bonds. The summed E-state index contributed by atoms with van der Waals surface area (Å²) in [6.45, 7) is 3.41. The Kier molecular flexibility index (Phi) is 5.91. The monoisotopic (exact) mass is 362 g/mol. The minimum absolute atomic E-state index is 0.164. The lowest BCUT2D eigenvalue weighted by Gasteiger charge is -2.25. The fourth-order valence-electron chi connectivity index (χ4n) is 3.18. The summed E-state index contributed by atoms with van der Waals surface area (Å²) in [5.41, 5.74) is -0.890. The van der Waals surface area contributed by atoms with Gasteiger partial charge in [-0.3, -0.25) is 24.6 Å². The van der Waals surface area contributed by atoms with Crippen molar-refractivity contribution in [1.29, 1.82) is 0 Å². The van der Waals surface area contributed by atoms with E-state index in [-0.39, 0.29) is 11.4 Å². The number of benzene rings is 1. The van der Waals surface area contributed by atoms with Crippen LogP contribution in [0.25, 0.3) is 0 Å². The molecule has 26 heavy (non-hydrogen) atoms. The van der Waals surface area contributed by atoms with E-state index in [2.05, 4.69) is 10.6 Å². The smallest absolute Gasteiger partial charge is 0.324 e. The summed E-state index contributed by atoms with van der Waals surface area (Å²) in [7, 11) is 0. The van der Waals surface area contributed by atoms with Gasteiger partial charge < -0.3 is 10.6 Å². The maximum Gasteiger partial charge on any atom is 0.325 e. The average Bonchev–Trinajstić information content (AvgIpc) is 2.80. The van der Waals surface area contributed by atoms with Gasteiger partial charge in [0.1, 0.15) is 12.1 Å². The summed E-state index contributed by atoms with van der Waals surface area (Å²) in [6, 6.07) is 4.86. The van der Waals surface area contributed by atoms with E-state index in [0.717, 1.165) is 17.7 Å². The molecule has 2 rings (SSSR count). The fourth-order valence-corrected chi connectivity index (χ4v) is 3.18. The van der Waals surface area contributed by atoms with Crippen LogP contribution in [0.3, 0.4) is 0 Å². The molecule has 9 nitrogen and oxygen atoms in total. The molecule has 1 saturated heterocycles. The van der Waals surface area contributed by atoms with Gasteiger partial charge >= 0.3 is 6.03 Å². The summed E-state index contributed by atoms with van der Waals surface area (Å²) in [5, 5.41) is 16.0. The van der Waals surface area contributed by atoms with Crippen LogP contribution in [0.1, 0.15) is 39.5 Å². The van der Waals surface area contributed by atoms with Crippen LogP contribution >= 0.6 is 0 Å². The van der Waals surface area contributed by atoms with E-state index < -0.39 is 34.9 Å². The van der Waals surface area contributed by atoms with Gasteiger partial charge in [0.15, 0.2) is 0 Å². The van der Waals surface area contributed by atoms with Gasteiger partial charge in [0.2, 0.25) is 5.91 Å². The fraction of sp³-hybridized carbons (Fsp3) is 0.471. The number of carbonyl (C=O) groups is 3. The van der Waals surface area contributed by atoms with Crippen molar-refractivity contribution < 1.29 is 19.3 Å². The number of hydrogen-bond acceptors (Lipinski definition) is 5. The molecule has 0 radical (unpaired) electrons. The van der Waals surface area contributed by atoms with Crippen molar-refractivity contribution in [3.63, 3.8) is 0 Å². The first-order valence-electron chi connectivity index (χ1n) is 8.51. The van der Waals surface area contributed by atoms with Crippen LogP contribution in [0.5, 0.6) is 0 Å². The third-order valence-corrected chi connectivity index (χ3v) is 4.24. The highest BCUT2D eigenvalue weighted by Gasteiger charge is 2.50. The summed E-state index contributed by atoms with van der Waals surface area (Å²) in [5.74, 6) is -1.00. The number of nitro benzene ring substituents is 1. The summed E-state index contributed by atoms with van der Waals surface area (Å²) in [4.78, 5) is 48.3. The van der Waals surface area contributed by atoms with Crippen LogP contribution in [0.4, 0.5) is 16.2 Å². The maximum absolute atomic E-state index is 12.7. The van der Waals surface area contributed by atoms with Gasteiger partial charge in [-0.2, -0.15) is 0 Å². The topological polar surface area (TPSA) is 122 Å². The zero-order valence-corrected chi connectivity index (χ0v) is 14.8. The van der Waals surface area contributed by atoms with Gasteiger partial charge in [0.05, 0.1) is 4.92 Å². The standard InChI is InChI=1S/C17H22N4O5/c1-3-8-17(9-4-2)15(23)20(16(24)19-17)11-14(22)18-12-6-5-7-13(10-12)21(25)26/h5-7,10H,3-4,8-9,11H2,1-2H3,(H,18,22)(H,19,24). The van der Waals surface area contributed by atoms with Crippen LogP contribution in [0.15, 0.2) is 24.3 Å². The molecular weight excluding hydrogens is 340 g/mol. The van der Waals surface area contributed by atoms with E-state index in [4.69, 9.17) is 0 Å².